The van der Waals surface area contributed by atoms with Crippen molar-refractivity contribution in [1.29, 1.82) is 0 Å². The highest BCUT2D eigenvalue weighted by atomic mass is 16.3. The number of carbonyl (C=O) groups is 3. The van der Waals surface area contributed by atoms with E-state index in [9.17, 15) is 24.6 Å². The summed E-state index contributed by atoms with van der Waals surface area (Å²) in [6, 6.07) is -0.573. The lowest BCUT2D eigenvalue weighted by Gasteiger charge is -2.35. The van der Waals surface area contributed by atoms with Gasteiger partial charge < -0.3 is 10.2 Å². The molecule has 3 rings (SSSR count). The van der Waals surface area contributed by atoms with E-state index >= 15 is 0 Å². The number of fused-ring (bicyclic) bond motifs is 5. The van der Waals surface area contributed by atoms with Crippen LogP contribution in [0, 0.1) is 11.8 Å². The van der Waals surface area contributed by atoms with Crippen LogP contribution in [0.25, 0.3) is 0 Å². The summed E-state index contributed by atoms with van der Waals surface area (Å²) in [5, 5.41) is 21.9. The molecule has 3 N–H and O–H groups in total. The molecule has 108 valence electrons. The first kappa shape index (κ1) is 13.4. The monoisotopic (exact) mass is 280 g/mol. The number of aliphatic hydroxyl groups excluding tert-OH is 2. The summed E-state index contributed by atoms with van der Waals surface area (Å²) >= 11 is 0. The molecule has 3 aliphatic heterocycles. The average Bonchev–Trinajstić information content (AvgIpc) is 2.83. The Morgan fingerprint density at radius 2 is 1.85 bits per heavy atom. The number of Topliss-reactive ketones (excluding diaryl/α,β-unsaturated/α-hetero) is 1. The maximum atomic E-state index is 12.5. The zero-order valence-corrected chi connectivity index (χ0v) is 11.2. The summed E-state index contributed by atoms with van der Waals surface area (Å²) < 4.78 is 0. The molecule has 0 aliphatic carbocycles. The fourth-order valence-corrected chi connectivity index (χ4v) is 3.81. The number of amides is 2. The van der Waals surface area contributed by atoms with Gasteiger partial charge in [-0.3, -0.25) is 24.6 Å². The second-order valence-electron chi connectivity index (χ2n) is 5.71. The van der Waals surface area contributed by atoms with Crippen LogP contribution in [0.2, 0.25) is 0 Å². The minimum atomic E-state index is -1.19. The van der Waals surface area contributed by atoms with Crippen LogP contribution in [0.5, 0.6) is 0 Å². The van der Waals surface area contributed by atoms with Crippen molar-refractivity contribution >= 4 is 17.6 Å². The van der Waals surface area contributed by atoms with E-state index in [2.05, 4.69) is 5.32 Å². The molecule has 0 unspecified atom stereocenters. The fourth-order valence-electron chi connectivity index (χ4n) is 3.81. The number of likely N-dealkylation sites (tertiary alicyclic amines) is 1. The van der Waals surface area contributed by atoms with Gasteiger partial charge in [-0.15, -0.1) is 0 Å². The lowest BCUT2D eigenvalue weighted by molar-refractivity contribution is -0.141. The first-order valence-corrected chi connectivity index (χ1v) is 6.46. The minimum absolute atomic E-state index is 0.122. The number of ketones is 1. The Kier molecular flexibility index (Phi) is 2.66. The van der Waals surface area contributed by atoms with Gasteiger partial charge in [0.25, 0.3) is 0 Å². The Labute approximate surface area is 115 Å². The summed E-state index contributed by atoms with van der Waals surface area (Å²) in [5.41, 5.74) is -0.751. The topological polar surface area (TPSA) is 107 Å². The Morgan fingerprint density at radius 1 is 1.20 bits per heavy atom. The lowest BCUT2D eigenvalue weighted by Crippen LogP contribution is -2.58. The Hall–Kier alpha value is -1.57. The molecule has 2 bridgehead atoms. The van der Waals surface area contributed by atoms with Crippen molar-refractivity contribution in [2.24, 2.45) is 11.8 Å². The third kappa shape index (κ3) is 1.27. The summed E-state index contributed by atoms with van der Waals surface area (Å²) in [7, 11) is 1.40. The molecule has 7 heteroatoms. The van der Waals surface area contributed by atoms with Crippen LogP contribution in [-0.2, 0) is 14.4 Å². The zero-order chi connectivity index (χ0) is 14.8. The summed E-state index contributed by atoms with van der Waals surface area (Å²) in [4.78, 5) is 38.1. The quantitative estimate of drug-likeness (QED) is 0.496. The maximum absolute atomic E-state index is 12.5. The molecule has 2 saturated heterocycles. The molecule has 2 fully saturated rings. The average molecular weight is 280 g/mol. The van der Waals surface area contributed by atoms with Gasteiger partial charge in [0, 0.05) is 18.7 Å². The van der Waals surface area contributed by atoms with Gasteiger partial charge in [-0.25, -0.2) is 0 Å². The molecule has 0 aromatic carbocycles. The molecule has 0 saturated carbocycles. The van der Waals surface area contributed by atoms with Crippen molar-refractivity contribution in [1.82, 2.24) is 10.2 Å². The number of aliphatic hydroxyl groups is 2. The van der Waals surface area contributed by atoms with Gasteiger partial charge in [-0.1, -0.05) is 0 Å². The first-order chi connectivity index (χ1) is 9.38. The highest BCUT2D eigenvalue weighted by Gasteiger charge is 2.68. The molecule has 0 radical (unpaired) electrons. The lowest BCUT2D eigenvalue weighted by atomic mass is 9.79. The molecular weight excluding hydrogens is 264 g/mol. The summed E-state index contributed by atoms with van der Waals surface area (Å²) in [6.45, 7) is 0.658. The zero-order valence-electron chi connectivity index (χ0n) is 11.2. The number of hydrogen-bond acceptors (Lipinski definition) is 6. The predicted octanol–water partition coefficient (Wildman–Crippen LogP) is -2.19. The Bertz CT molecular complexity index is 569. The molecule has 0 spiro atoms. The second kappa shape index (κ2) is 3.97. The van der Waals surface area contributed by atoms with E-state index in [1.807, 2.05) is 0 Å². The molecule has 4 atom stereocenters. The first-order valence-electron chi connectivity index (χ1n) is 6.46. The maximum Gasteiger partial charge on any atom is 0.235 e. The number of nitrogens with one attached hydrogen (secondary N) is 1. The van der Waals surface area contributed by atoms with E-state index in [0.717, 1.165) is 4.90 Å². The molecular formula is C13H16N2O5. The Balaban J connectivity index is 2.20. The summed E-state index contributed by atoms with van der Waals surface area (Å²) in [6.07, 6.45) is 0. The van der Waals surface area contributed by atoms with Gasteiger partial charge in [-0.05, 0) is 12.5 Å². The largest absolute Gasteiger partial charge is 0.392 e. The van der Waals surface area contributed by atoms with Gasteiger partial charge in [0.1, 0.15) is 0 Å². The van der Waals surface area contributed by atoms with Gasteiger partial charge in [0.05, 0.1) is 30.6 Å². The predicted molar refractivity (Wildman–Crippen MR) is 66.3 cm³/mol. The smallest absolute Gasteiger partial charge is 0.235 e. The van der Waals surface area contributed by atoms with Crippen LogP contribution in [0.15, 0.2) is 11.1 Å². The van der Waals surface area contributed by atoms with E-state index < -0.39 is 42.4 Å². The number of nitrogens with zero attached hydrogens (tertiary/aromatic N) is 1. The molecule has 3 aliphatic rings. The molecule has 0 aromatic heterocycles. The van der Waals surface area contributed by atoms with E-state index in [0.29, 0.717) is 5.57 Å². The van der Waals surface area contributed by atoms with Crippen molar-refractivity contribution < 1.29 is 24.6 Å². The van der Waals surface area contributed by atoms with Crippen LogP contribution < -0.4 is 5.32 Å². The Morgan fingerprint density at radius 3 is 2.40 bits per heavy atom. The molecule has 20 heavy (non-hydrogen) atoms. The number of rotatable bonds is 2. The van der Waals surface area contributed by atoms with Gasteiger partial charge in [0.15, 0.2) is 5.78 Å². The van der Waals surface area contributed by atoms with E-state index in [1.165, 1.54) is 7.05 Å². The van der Waals surface area contributed by atoms with Gasteiger partial charge in [0.2, 0.25) is 11.8 Å². The third-order valence-electron chi connectivity index (χ3n) is 4.85. The second-order valence-corrected chi connectivity index (χ2v) is 5.71. The van der Waals surface area contributed by atoms with Gasteiger partial charge >= 0.3 is 0 Å². The van der Waals surface area contributed by atoms with Crippen LogP contribution in [0.3, 0.4) is 0 Å². The molecule has 3 heterocycles. The van der Waals surface area contributed by atoms with Gasteiger partial charge in [-0.2, -0.15) is 0 Å². The van der Waals surface area contributed by atoms with Crippen LogP contribution in [0.4, 0.5) is 0 Å². The van der Waals surface area contributed by atoms with Crippen molar-refractivity contribution in [3.05, 3.63) is 11.1 Å². The fraction of sp³-hybridized carbons (Fsp3) is 0.615. The molecule has 7 nitrogen and oxygen atoms in total. The van der Waals surface area contributed by atoms with E-state index in [1.54, 1.807) is 6.92 Å². The number of hydrogen-bond donors (Lipinski definition) is 3. The highest BCUT2D eigenvalue weighted by molar-refractivity contribution is 6.15. The van der Waals surface area contributed by atoms with Crippen LogP contribution in [-0.4, -0.2) is 64.6 Å². The minimum Gasteiger partial charge on any atom is -0.392 e. The normalized spacial score (nSPS) is 39.9. The summed E-state index contributed by atoms with van der Waals surface area (Å²) in [5.74, 6) is -2.61. The van der Waals surface area contributed by atoms with Crippen LogP contribution in [0.1, 0.15) is 6.92 Å². The standard InChI is InChI=1S/C13H16N2O5/c1-13-8-7(11(19)15(2)12(8)20)9(14-13)5(3-16)6(4-17)10(13)18/h7-9,14,16-17H,3-4H2,1-2H3/t7-,8-,9+,13+/m1/s1. The number of carbonyl (C=O) groups excluding carboxylic acids is 3. The molecule has 0 aromatic rings. The van der Waals surface area contributed by atoms with E-state index in [4.69, 9.17) is 0 Å². The van der Waals surface area contributed by atoms with Crippen molar-refractivity contribution in [2.45, 2.75) is 18.5 Å². The van der Waals surface area contributed by atoms with Crippen molar-refractivity contribution in [3.63, 3.8) is 0 Å². The highest BCUT2D eigenvalue weighted by Crippen LogP contribution is 2.48. The third-order valence-corrected chi connectivity index (χ3v) is 4.85. The molecule has 2 amide bonds. The SMILES string of the molecule is CN1C(=O)[C@H]2[C@H]3N[C@](C)(C(=O)C(CO)=C3CO)[C@H]2C1=O. The van der Waals surface area contributed by atoms with Crippen molar-refractivity contribution in [2.75, 3.05) is 20.3 Å². The van der Waals surface area contributed by atoms with E-state index in [-0.39, 0.29) is 17.4 Å². The number of imide groups is 1. The van der Waals surface area contributed by atoms with Crippen LogP contribution >= 0.6 is 0 Å². The van der Waals surface area contributed by atoms with Crippen molar-refractivity contribution in [3.8, 4) is 0 Å².